The Morgan fingerprint density at radius 2 is 1.59 bits per heavy atom. The molecule has 0 saturated carbocycles. The van der Waals surface area contributed by atoms with Crippen molar-refractivity contribution in [3.8, 4) is 5.75 Å². The molecule has 2 heterocycles. The number of hydrazine groups is 1. The van der Waals surface area contributed by atoms with E-state index in [2.05, 4.69) is 5.43 Å². The molecule has 1 N–H and O–H groups in total. The highest BCUT2D eigenvalue weighted by Gasteiger charge is 2.41. The molecule has 3 rings (SSSR count). The monoisotopic (exact) mass is 438 g/mol. The summed E-state index contributed by atoms with van der Waals surface area (Å²) in [6.07, 6.45) is 0.431. The zero-order chi connectivity index (χ0) is 19.9. The van der Waals surface area contributed by atoms with Crippen LogP contribution in [0.2, 0.25) is 0 Å². The predicted octanol–water partition coefficient (Wildman–Crippen LogP) is -0.435. The Morgan fingerprint density at radius 3 is 2.07 bits per heavy atom. The number of benzene rings is 1. The molecule has 2 atom stereocenters. The molecule has 152 valence electrons. The Hall–Kier alpha value is -1.21. The molecule has 2 saturated heterocycles. The van der Waals surface area contributed by atoms with E-state index < -0.39 is 41.8 Å². The van der Waals surface area contributed by atoms with Gasteiger partial charge in [-0.2, -0.15) is 0 Å². The van der Waals surface area contributed by atoms with Crippen LogP contribution in [0.4, 0.5) is 0 Å². The Balaban J connectivity index is 1.92. The van der Waals surface area contributed by atoms with Gasteiger partial charge in [-0.25, -0.2) is 30.7 Å². The summed E-state index contributed by atoms with van der Waals surface area (Å²) in [5.41, 5.74) is 2.79. The summed E-state index contributed by atoms with van der Waals surface area (Å²) in [6, 6.07) is 4.37. The van der Waals surface area contributed by atoms with Gasteiger partial charge in [0.05, 0.1) is 41.1 Å². The summed E-state index contributed by atoms with van der Waals surface area (Å²) in [4.78, 5) is -0.0269. The van der Waals surface area contributed by atoms with Gasteiger partial charge in [0.15, 0.2) is 19.7 Å². The summed E-state index contributed by atoms with van der Waals surface area (Å²) < 4.78 is 79.5. The number of nitrogens with zero attached hydrogens (tertiary/aromatic N) is 1. The van der Waals surface area contributed by atoms with Gasteiger partial charge in [0.25, 0.3) is 10.0 Å². The van der Waals surface area contributed by atoms with E-state index >= 15 is 0 Å². The Morgan fingerprint density at radius 1 is 1.00 bits per heavy atom. The van der Waals surface area contributed by atoms with Gasteiger partial charge in [-0.05, 0) is 37.1 Å². The third kappa shape index (κ3) is 4.62. The minimum absolute atomic E-state index is 0.0238. The van der Waals surface area contributed by atoms with Crippen molar-refractivity contribution in [2.24, 2.45) is 0 Å². The van der Waals surface area contributed by atoms with E-state index in [9.17, 15) is 25.3 Å². The van der Waals surface area contributed by atoms with Crippen molar-refractivity contribution in [3.05, 3.63) is 24.3 Å². The number of nitrogens with one attached hydrogen (secondary N) is 1. The van der Waals surface area contributed by atoms with Crippen LogP contribution in [0, 0.1) is 0 Å². The fourth-order valence-electron chi connectivity index (χ4n) is 3.27. The number of sulfonamides is 1. The Kier molecular flexibility index (Phi) is 5.56. The summed E-state index contributed by atoms with van der Waals surface area (Å²) in [5, 5.41) is 0. The molecular weight excluding hydrogens is 416 g/mol. The molecule has 12 heteroatoms. The van der Waals surface area contributed by atoms with Gasteiger partial charge >= 0.3 is 0 Å². The van der Waals surface area contributed by atoms with Crippen LogP contribution in [-0.2, 0) is 29.7 Å². The van der Waals surface area contributed by atoms with E-state index in [0.29, 0.717) is 5.75 Å². The van der Waals surface area contributed by atoms with Gasteiger partial charge in [0, 0.05) is 6.04 Å². The second-order valence-electron chi connectivity index (χ2n) is 6.76. The lowest BCUT2D eigenvalue weighted by Gasteiger charge is -2.30. The van der Waals surface area contributed by atoms with Crippen molar-refractivity contribution in [1.82, 2.24) is 9.84 Å². The van der Waals surface area contributed by atoms with Crippen LogP contribution in [0.25, 0.3) is 0 Å². The van der Waals surface area contributed by atoms with Gasteiger partial charge in [-0.1, -0.05) is 0 Å². The molecule has 0 aliphatic carbocycles. The summed E-state index contributed by atoms with van der Waals surface area (Å²) in [7, 11) is -9.18. The predicted molar refractivity (Wildman–Crippen MR) is 99.3 cm³/mol. The van der Waals surface area contributed by atoms with Crippen molar-refractivity contribution in [1.29, 1.82) is 0 Å². The first-order chi connectivity index (χ1) is 12.5. The van der Waals surface area contributed by atoms with E-state index in [1.165, 1.54) is 31.4 Å². The van der Waals surface area contributed by atoms with E-state index in [4.69, 9.17) is 4.74 Å². The second kappa shape index (κ2) is 7.32. The van der Waals surface area contributed by atoms with Crippen LogP contribution in [0.3, 0.4) is 0 Å². The lowest BCUT2D eigenvalue weighted by molar-refractivity contribution is 0.229. The molecule has 1 aromatic rings. The zero-order valence-corrected chi connectivity index (χ0v) is 17.2. The fraction of sp³-hybridized carbons (Fsp3) is 0.600. The van der Waals surface area contributed by atoms with Crippen LogP contribution < -0.4 is 10.2 Å². The van der Waals surface area contributed by atoms with Gasteiger partial charge in [0.2, 0.25) is 0 Å². The largest absolute Gasteiger partial charge is 0.497 e. The van der Waals surface area contributed by atoms with Gasteiger partial charge in [-0.3, -0.25) is 0 Å². The summed E-state index contributed by atoms with van der Waals surface area (Å²) >= 11 is 0. The maximum absolute atomic E-state index is 13.2. The fourth-order valence-corrected chi connectivity index (χ4v) is 8.30. The number of hydrogen-bond acceptors (Lipinski definition) is 8. The lowest BCUT2D eigenvalue weighted by Crippen LogP contribution is -2.54. The van der Waals surface area contributed by atoms with Crippen LogP contribution >= 0.6 is 0 Å². The van der Waals surface area contributed by atoms with Crippen molar-refractivity contribution in [2.45, 2.75) is 29.8 Å². The van der Waals surface area contributed by atoms with Crippen LogP contribution in [0.1, 0.15) is 12.8 Å². The molecule has 0 aromatic heterocycles. The Labute approximate surface area is 159 Å². The molecule has 0 radical (unpaired) electrons. The maximum atomic E-state index is 13.2. The number of ether oxygens (including phenoxy) is 1. The first-order valence-electron chi connectivity index (χ1n) is 8.38. The smallest absolute Gasteiger partial charge is 0.256 e. The third-order valence-electron chi connectivity index (χ3n) is 4.70. The maximum Gasteiger partial charge on any atom is 0.256 e. The zero-order valence-electron chi connectivity index (χ0n) is 14.7. The molecule has 2 aliphatic heterocycles. The van der Waals surface area contributed by atoms with E-state index in [1.807, 2.05) is 0 Å². The van der Waals surface area contributed by atoms with Crippen molar-refractivity contribution in [3.63, 3.8) is 0 Å². The number of rotatable bonds is 6. The topological polar surface area (TPSA) is 127 Å². The van der Waals surface area contributed by atoms with Crippen LogP contribution in [-0.4, -0.2) is 71.9 Å². The number of methoxy groups -OCH3 is 1. The van der Waals surface area contributed by atoms with Crippen molar-refractivity contribution >= 4 is 29.7 Å². The number of sulfone groups is 2. The summed E-state index contributed by atoms with van der Waals surface area (Å²) in [5.74, 6) is -0.115. The van der Waals surface area contributed by atoms with Gasteiger partial charge < -0.3 is 4.74 Å². The van der Waals surface area contributed by atoms with Crippen LogP contribution in [0.15, 0.2) is 29.2 Å². The van der Waals surface area contributed by atoms with Crippen molar-refractivity contribution < 1.29 is 30.0 Å². The van der Waals surface area contributed by atoms with Gasteiger partial charge in [0.1, 0.15) is 5.75 Å². The first kappa shape index (κ1) is 20.5. The summed E-state index contributed by atoms with van der Waals surface area (Å²) in [6.45, 7) is 0. The molecule has 2 fully saturated rings. The van der Waals surface area contributed by atoms with Crippen molar-refractivity contribution in [2.75, 3.05) is 30.1 Å². The van der Waals surface area contributed by atoms with Crippen LogP contribution in [0.5, 0.6) is 5.75 Å². The van der Waals surface area contributed by atoms with Gasteiger partial charge in [-0.15, -0.1) is 4.41 Å². The molecule has 0 spiro atoms. The molecule has 9 nitrogen and oxygen atoms in total. The molecule has 2 aliphatic rings. The highest BCUT2D eigenvalue weighted by Crippen LogP contribution is 2.26. The van der Waals surface area contributed by atoms with E-state index in [-0.39, 0.29) is 40.7 Å². The molecule has 1 aromatic carbocycles. The quantitative estimate of drug-likeness (QED) is 0.593. The third-order valence-corrected chi connectivity index (χ3v) is 10.0. The minimum atomic E-state index is -4.08. The van der Waals surface area contributed by atoms with E-state index in [1.54, 1.807) is 0 Å². The lowest BCUT2D eigenvalue weighted by atomic mass is 10.2. The molecule has 0 amide bonds. The second-order valence-corrected chi connectivity index (χ2v) is 13.0. The standard InChI is InChI=1S/C15H22N2O7S3/c1-24-14-2-4-15(5-3-14)27(22,23)17(13-7-9-26(20,21)11-13)16-12-6-8-25(18,19)10-12/h2-5,12-13,16H,6-11H2,1H3/t12-,13-/m0/s1. The molecule has 0 unspecified atom stereocenters. The SMILES string of the molecule is COc1ccc(S(=O)(=O)N(N[C@H]2CCS(=O)(=O)C2)[C@H]2CCS(=O)(=O)C2)cc1. The molecule has 0 bridgehead atoms. The Bertz CT molecular complexity index is 1000. The first-order valence-corrected chi connectivity index (χ1v) is 13.5. The normalized spacial score (nSPS) is 27.0. The highest BCUT2D eigenvalue weighted by atomic mass is 32.2. The number of hydrogen-bond donors (Lipinski definition) is 1. The average Bonchev–Trinajstić information content (AvgIpc) is 3.13. The average molecular weight is 439 g/mol. The molecule has 27 heavy (non-hydrogen) atoms. The van der Waals surface area contributed by atoms with E-state index in [0.717, 1.165) is 4.41 Å². The highest BCUT2D eigenvalue weighted by molar-refractivity contribution is 7.92. The minimum Gasteiger partial charge on any atom is -0.497 e. The molecular formula is C15H22N2O7S3.